The molecule has 2 aliphatic heterocycles. The van der Waals surface area contributed by atoms with Crippen molar-refractivity contribution in [1.29, 1.82) is 0 Å². The molecular weight excluding hydrogens is 304 g/mol. The van der Waals surface area contributed by atoms with Gasteiger partial charge in [0.05, 0.1) is 14.2 Å². The summed E-state index contributed by atoms with van der Waals surface area (Å²) in [7, 11) is 2.61. The molecule has 0 aromatic rings. The van der Waals surface area contributed by atoms with E-state index < -0.39 is 41.6 Å². The van der Waals surface area contributed by atoms with Gasteiger partial charge in [0, 0.05) is 0 Å². The summed E-state index contributed by atoms with van der Waals surface area (Å²) in [5.74, 6) is -0.259. The number of esters is 2. The fourth-order valence-electron chi connectivity index (χ4n) is 2.44. The molecule has 0 bridgehead atoms. The second-order valence-corrected chi connectivity index (χ2v) is 6.08. The molecule has 0 aliphatic carbocycles. The van der Waals surface area contributed by atoms with Crippen molar-refractivity contribution in [3.05, 3.63) is 0 Å². The minimum absolute atomic E-state index is 0.330. The second-order valence-electron chi connectivity index (χ2n) is 6.08. The third-order valence-corrected chi connectivity index (χ3v) is 3.95. The molecule has 0 aromatic carbocycles. The van der Waals surface area contributed by atoms with Crippen molar-refractivity contribution in [3.63, 3.8) is 0 Å². The van der Waals surface area contributed by atoms with Crippen molar-refractivity contribution in [2.24, 2.45) is 15.4 Å². The summed E-state index contributed by atoms with van der Waals surface area (Å²) in [6.07, 6.45) is -0.875. The summed E-state index contributed by atoms with van der Waals surface area (Å²) in [4.78, 5) is 32.1. The van der Waals surface area contributed by atoms with Crippen molar-refractivity contribution >= 4 is 23.7 Å². The van der Waals surface area contributed by atoms with E-state index in [2.05, 4.69) is 9.98 Å². The van der Waals surface area contributed by atoms with Crippen LogP contribution < -0.4 is 0 Å². The Kier molecular flexibility index (Phi) is 4.63. The molecular formula is C15H22N2O6. The summed E-state index contributed by atoms with van der Waals surface area (Å²) in [5, 5.41) is 0. The molecule has 4 atom stereocenters. The van der Waals surface area contributed by atoms with Crippen LogP contribution >= 0.6 is 0 Å². The van der Waals surface area contributed by atoms with E-state index in [4.69, 9.17) is 18.9 Å². The summed E-state index contributed by atoms with van der Waals surface area (Å²) in [6.45, 7) is 7.10. The van der Waals surface area contributed by atoms with Gasteiger partial charge in [0.1, 0.15) is 17.6 Å². The lowest BCUT2D eigenvalue weighted by Crippen LogP contribution is -2.35. The Morgan fingerprint density at radius 3 is 1.57 bits per heavy atom. The highest BCUT2D eigenvalue weighted by molar-refractivity contribution is 6.07. The smallest absolute Gasteiger partial charge is 0.334 e. The lowest BCUT2D eigenvalue weighted by molar-refractivity contribution is -0.144. The Morgan fingerprint density at radius 1 is 0.913 bits per heavy atom. The van der Waals surface area contributed by atoms with Crippen LogP contribution in [0.1, 0.15) is 27.7 Å². The van der Waals surface area contributed by atoms with Crippen molar-refractivity contribution < 1.29 is 28.5 Å². The number of rotatable bonds is 4. The average molecular weight is 326 g/mol. The highest BCUT2D eigenvalue weighted by atomic mass is 16.6. The van der Waals surface area contributed by atoms with Crippen LogP contribution in [0.15, 0.2) is 9.98 Å². The largest absolute Gasteiger partial charge is 0.474 e. The van der Waals surface area contributed by atoms with E-state index in [1.807, 2.05) is 13.8 Å². The quantitative estimate of drug-likeness (QED) is 0.707. The van der Waals surface area contributed by atoms with E-state index in [0.29, 0.717) is 11.8 Å². The van der Waals surface area contributed by atoms with Crippen molar-refractivity contribution in [1.82, 2.24) is 0 Å². The zero-order chi connectivity index (χ0) is 17.4. The van der Waals surface area contributed by atoms with Gasteiger partial charge in [-0.1, -0.05) is 0 Å². The Hall–Kier alpha value is -2.12. The Bertz CT molecular complexity index is 520. The van der Waals surface area contributed by atoms with Gasteiger partial charge in [-0.25, -0.2) is 19.6 Å². The highest BCUT2D eigenvalue weighted by Gasteiger charge is 2.47. The number of carbonyl (C=O) groups is 2. The first-order chi connectivity index (χ1) is 10.7. The van der Waals surface area contributed by atoms with E-state index in [1.165, 1.54) is 14.2 Å². The van der Waals surface area contributed by atoms with Gasteiger partial charge in [-0.05, 0) is 27.7 Å². The van der Waals surface area contributed by atoms with Crippen LogP contribution in [0.3, 0.4) is 0 Å². The summed E-state index contributed by atoms with van der Waals surface area (Å²) >= 11 is 0. The number of hydrogen-bond donors (Lipinski definition) is 0. The molecule has 0 amide bonds. The van der Waals surface area contributed by atoms with Gasteiger partial charge in [-0.3, -0.25) is 0 Å². The van der Waals surface area contributed by atoms with Gasteiger partial charge in [0.2, 0.25) is 0 Å². The number of ether oxygens (including phenoxy) is 4. The number of carbonyl (C=O) groups excluding carboxylic acids is 2. The zero-order valence-electron chi connectivity index (χ0n) is 14.2. The fraction of sp³-hybridized carbons (Fsp3) is 0.733. The van der Waals surface area contributed by atoms with Crippen LogP contribution in [-0.2, 0) is 28.5 Å². The first kappa shape index (κ1) is 17.2. The predicted molar refractivity (Wildman–Crippen MR) is 81.4 cm³/mol. The average Bonchev–Trinajstić information content (AvgIpc) is 3.09. The minimum atomic E-state index is -0.811. The maximum atomic E-state index is 11.7. The molecule has 0 N–H and O–H groups in total. The van der Waals surface area contributed by atoms with E-state index >= 15 is 0 Å². The number of methoxy groups -OCH3 is 2. The van der Waals surface area contributed by atoms with Gasteiger partial charge >= 0.3 is 11.9 Å². The Morgan fingerprint density at radius 2 is 1.26 bits per heavy atom. The molecule has 23 heavy (non-hydrogen) atoms. The molecule has 0 unspecified atom stereocenters. The lowest BCUT2D eigenvalue weighted by atomic mass is 9.93. The van der Waals surface area contributed by atoms with Gasteiger partial charge in [0.25, 0.3) is 0 Å². The molecule has 128 valence electrons. The number of hydrogen-bond acceptors (Lipinski definition) is 8. The SMILES string of the molecule is COC(=O)[C@H]1N=C(C(C)(C)C2=N[C@H](C(=O)OC)[C@@H](C)O2)O[C@@H]1C. The van der Waals surface area contributed by atoms with Crippen LogP contribution in [0, 0.1) is 5.41 Å². The number of aliphatic imine (C=N–C) groups is 2. The van der Waals surface area contributed by atoms with Crippen LogP contribution in [0.2, 0.25) is 0 Å². The Balaban J connectivity index is 2.25. The van der Waals surface area contributed by atoms with Crippen LogP contribution in [-0.4, -0.2) is 62.2 Å². The first-order valence-electron chi connectivity index (χ1n) is 7.37. The molecule has 0 aromatic heterocycles. The highest BCUT2D eigenvalue weighted by Crippen LogP contribution is 2.32. The van der Waals surface area contributed by atoms with Crippen LogP contribution in [0.4, 0.5) is 0 Å². The molecule has 0 radical (unpaired) electrons. The standard InChI is InChI=1S/C15H22N2O6/c1-7-9(11(18)20-5)16-13(22-7)15(3,4)14-17-10(8(2)23-14)12(19)21-6/h7-10H,1-6H3/t7-,8-,9+,10+/m1/s1. The maximum absolute atomic E-state index is 11.7. The van der Waals surface area contributed by atoms with Crippen molar-refractivity contribution in [2.45, 2.75) is 52.0 Å². The molecule has 2 rings (SSSR count). The molecule has 2 heterocycles. The molecule has 2 aliphatic rings. The first-order valence-corrected chi connectivity index (χ1v) is 7.37. The fourth-order valence-corrected chi connectivity index (χ4v) is 2.44. The van der Waals surface area contributed by atoms with Crippen molar-refractivity contribution in [2.75, 3.05) is 14.2 Å². The monoisotopic (exact) mass is 326 g/mol. The molecule has 8 nitrogen and oxygen atoms in total. The molecule has 8 heteroatoms. The molecule has 0 spiro atoms. The van der Waals surface area contributed by atoms with E-state index in [9.17, 15) is 9.59 Å². The van der Waals surface area contributed by atoms with Crippen LogP contribution in [0.25, 0.3) is 0 Å². The predicted octanol–water partition coefficient (Wildman–Crippen LogP) is 0.730. The third-order valence-electron chi connectivity index (χ3n) is 3.95. The van der Waals surface area contributed by atoms with Gasteiger partial charge in [-0.15, -0.1) is 0 Å². The van der Waals surface area contributed by atoms with E-state index in [0.717, 1.165) is 0 Å². The van der Waals surface area contributed by atoms with Crippen molar-refractivity contribution in [3.8, 4) is 0 Å². The number of nitrogens with zero attached hydrogens (tertiary/aromatic N) is 2. The van der Waals surface area contributed by atoms with E-state index in [-0.39, 0.29) is 0 Å². The van der Waals surface area contributed by atoms with E-state index in [1.54, 1.807) is 13.8 Å². The normalized spacial score (nSPS) is 30.0. The van der Waals surface area contributed by atoms with Crippen LogP contribution in [0.5, 0.6) is 0 Å². The zero-order valence-corrected chi connectivity index (χ0v) is 14.2. The van der Waals surface area contributed by atoms with Gasteiger partial charge in [0.15, 0.2) is 23.9 Å². The summed E-state index contributed by atoms with van der Waals surface area (Å²) in [5.41, 5.74) is -0.811. The maximum Gasteiger partial charge on any atom is 0.334 e. The molecule has 0 fully saturated rings. The topological polar surface area (TPSA) is 95.8 Å². The van der Waals surface area contributed by atoms with Gasteiger partial charge in [-0.2, -0.15) is 0 Å². The summed E-state index contributed by atoms with van der Waals surface area (Å²) in [6, 6.07) is -1.43. The van der Waals surface area contributed by atoms with Gasteiger partial charge < -0.3 is 18.9 Å². The molecule has 0 saturated carbocycles. The molecule has 0 saturated heterocycles. The summed E-state index contributed by atoms with van der Waals surface area (Å²) < 4.78 is 20.9. The minimum Gasteiger partial charge on any atom is -0.474 e. The lowest BCUT2D eigenvalue weighted by Gasteiger charge is -2.24. The second kappa shape index (κ2) is 6.17. The third kappa shape index (κ3) is 3.02. The Labute approximate surface area is 134 Å².